The minimum absolute atomic E-state index is 0.187. The zero-order valence-electron chi connectivity index (χ0n) is 19.5. The van der Waals surface area contributed by atoms with Crippen LogP contribution >= 0.6 is 0 Å². The van der Waals surface area contributed by atoms with Gasteiger partial charge < -0.3 is 14.4 Å². The van der Waals surface area contributed by atoms with Gasteiger partial charge in [0.2, 0.25) is 10.0 Å². The number of ether oxygens (including phenoxy) is 2. The highest BCUT2D eigenvalue weighted by Crippen LogP contribution is 2.29. The van der Waals surface area contributed by atoms with E-state index in [1.807, 2.05) is 0 Å². The summed E-state index contributed by atoms with van der Waals surface area (Å²) in [5, 5.41) is 7.60. The van der Waals surface area contributed by atoms with E-state index in [-0.39, 0.29) is 24.5 Å². The van der Waals surface area contributed by atoms with Crippen molar-refractivity contribution in [2.45, 2.75) is 17.5 Å². The summed E-state index contributed by atoms with van der Waals surface area (Å²) in [6, 6.07) is 10.8. The number of hydrogen-bond acceptors (Lipinski definition) is 8. The molecule has 0 bridgehead atoms. The number of benzene rings is 2. The number of nitrogens with zero attached hydrogens (tertiary/aromatic N) is 6. The predicted molar refractivity (Wildman–Crippen MR) is 128 cm³/mol. The SMILES string of the molecule is COc1ccc(S(=O)(=O)N2CCN(c3ccc(N4C[C@H](Cn5ccnn5)OC4=O)cc3F)CC2)cc1. The first-order valence-corrected chi connectivity index (χ1v) is 12.8. The lowest BCUT2D eigenvalue weighted by Gasteiger charge is -2.35. The van der Waals surface area contributed by atoms with E-state index in [0.29, 0.717) is 36.8 Å². The van der Waals surface area contributed by atoms with Crippen LogP contribution in [0.25, 0.3) is 0 Å². The lowest BCUT2D eigenvalue weighted by Crippen LogP contribution is -2.48. The normalized spacial score (nSPS) is 18.9. The first kappa shape index (κ1) is 24.0. The van der Waals surface area contributed by atoms with Crippen LogP contribution in [0, 0.1) is 5.82 Å². The highest BCUT2D eigenvalue weighted by Gasteiger charge is 2.34. The molecule has 11 nitrogen and oxygen atoms in total. The summed E-state index contributed by atoms with van der Waals surface area (Å²) in [5.41, 5.74) is 0.745. The zero-order valence-corrected chi connectivity index (χ0v) is 20.3. The smallest absolute Gasteiger partial charge is 0.414 e. The molecule has 36 heavy (non-hydrogen) atoms. The molecule has 5 rings (SSSR count). The fourth-order valence-electron chi connectivity index (χ4n) is 4.35. The monoisotopic (exact) mass is 516 g/mol. The topological polar surface area (TPSA) is 110 Å². The maximum atomic E-state index is 15.1. The first-order chi connectivity index (χ1) is 17.3. The molecule has 2 aliphatic rings. The molecule has 0 spiro atoms. The molecule has 0 N–H and O–H groups in total. The Hall–Kier alpha value is -3.71. The average Bonchev–Trinajstić information content (AvgIpc) is 3.53. The number of amides is 1. The van der Waals surface area contributed by atoms with Crippen LogP contribution in [-0.4, -0.2) is 79.7 Å². The summed E-state index contributed by atoms with van der Waals surface area (Å²) >= 11 is 0. The molecule has 2 aromatic carbocycles. The van der Waals surface area contributed by atoms with Crippen LogP contribution in [0.15, 0.2) is 59.8 Å². The first-order valence-electron chi connectivity index (χ1n) is 11.4. The second-order valence-electron chi connectivity index (χ2n) is 8.44. The Labute approximate surface area is 207 Å². The number of piperazine rings is 1. The van der Waals surface area contributed by atoms with Gasteiger partial charge in [0, 0.05) is 32.4 Å². The number of sulfonamides is 1. The molecule has 2 fully saturated rings. The van der Waals surface area contributed by atoms with Crippen LogP contribution < -0.4 is 14.5 Å². The van der Waals surface area contributed by atoms with Gasteiger partial charge in [0.15, 0.2) is 0 Å². The number of carbonyl (C=O) groups excluding carboxylic acids is 1. The third-order valence-electron chi connectivity index (χ3n) is 6.26. The van der Waals surface area contributed by atoms with E-state index in [1.54, 1.807) is 40.0 Å². The predicted octanol–water partition coefficient (Wildman–Crippen LogP) is 1.96. The van der Waals surface area contributed by atoms with Crippen molar-refractivity contribution in [2.75, 3.05) is 49.6 Å². The Morgan fingerprint density at radius 1 is 1.11 bits per heavy atom. The van der Waals surface area contributed by atoms with Gasteiger partial charge in [0.05, 0.1) is 42.7 Å². The van der Waals surface area contributed by atoms with Gasteiger partial charge in [-0.25, -0.2) is 22.3 Å². The summed E-state index contributed by atoms with van der Waals surface area (Å²) in [4.78, 5) is 15.7. The van der Waals surface area contributed by atoms with Crippen molar-refractivity contribution in [2.24, 2.45) is 0 Å². The number of carbonyl (C=O) groups is 1. The maximum Gasteiger partial charge on any atom is 0.414 e. The molecule has 0 aliphatic carbocycles. The van der Waals surface area contributed by atoms with E-state index in [9.17, 15) is 13.2 Å². The van der Waals surface area contributed by atoms with Gasteiger partial charge >= 0.3 is 6.09 Å². The number of halogens is 1. The molecule has 3 heterocycles. The minimum Gasteiger partial charge on any atom is -0.497 e. The molecule has 190 valence electrons. The van der Waals surface area contributed by atoms with Crippen LogP contribution in [0.4, 0.5) is 20.6 Å². The van der Waals surface area contributed by atoms with E-state index in [2.05, 4.69) is 10.3 Å². The molecular formula is C23H25FN6O5S. The quantitative estimate of drug-likeness (QED) is 0.469. The Kier molecular flexibility index (Phi) is 6.49. The molecule has 1 aromatic heterocycles. The number of aromatic nitrogens is 3. The summed E-state index contributed by atoms with van der Waals surface area (Å²) < 4.78 is 54.5. The van der Waals surface area contributed by atoms with Gasteiger partial charge in [-0.05, 0) is 42.5 Å². The third-order valence-corrected chi connectivity index (χ3v) is 8.17. The van der Waals surface area contributed by atoms with Crippen molar-refractivity contribution in [3.05, 3.63) is 60.7 Å². The molecule has 3 aromatic rings. The summed E-state index contributed by atoms with van der Waals surface area (Å²) in [7, 11) is -2.15. The molecule has 1 atom stereocenters. The fraction of sp³-hybridized carbons (Fsp3) is 0.348. The zero-order chi connectivity index (χ0) is 25.3. The van der Waals surface area contributed by atoms with Crippen molar-refractivity contribution in [3.8, 4) is 5.75 Å². The number of hydrogen-bond donors (Lipinski definition) is 0. The van der Waals surface area contributed by atoms with E-state index < -0.39 is 28.0 Å². The summed E-state index contributed by atoms with van der Waals surface area (Å²) in [5.74, 6) is 0.0806. The van der Waals surface area contributed by atoms with Crippen LogP contribution in [-0.2, 0) is 21.3 Å². The molecular weight excluding hydrogens is 491 g/mol. The van der Waals surface area contributed by atoms with Gasteiger partial charge in [-0.15, -0.1) is 5.10 Å². The van der Waals surface area contributed by atoms with Gasteiger partial charge in [0.25, 0.3) is 0 Å². The minimum atomic E-state index is -3.66. The molecule has 2 saturated heterocycles. The number of rotatable bonds is 7. The van der Waals surface area contributed by atoms with Gasteiger partial charge in [-0.2, -0.15) is 4.31 Å². The van der Waals surface area contributed by atoms with E-state index in [4.69, 9.17) is 9.47 Å². The standard InChI is InChI=1S/C23H25FN6O5S/c1-34-18-3-5-20(6-4-18)36(32,33)29-12-10-27(11-13-29)22-7-2-17(14-21(22)24)30-16-19(35-23(30)31)15-28-9-8-25-26-28/h2-9,14,19H,10-13,15-16H2,1H3/t19-/m0/s1. The second kappa shape index (κ2) is 9.74. The summed E-state index contributed by atoms with van der Waals surface area (Å²) in [6.07, 6.45) is 2.23. The summed E-state index contributed by atoms with van der Waals surface area (Å²) in [6.45, 7) is 1.72. The number of methoxy groups -OCH3 is 1. The Balaban J connectivity index is 1.23. The third kappa shape index (κ3) is 4.71. The highest BCUT2D eigenvalue weighted by molar-refractivity contribution is 7.89. The fourth-order valence-corrected chi connectivity index (χ4v) is 5.77. The highest BCUT2D eigenvalue weighted by atomic mass is 32.2. The molecule has 1 amide bonds. The van der Waals surface area contributed by atoms with Crippen molar-refractivity contribution in [1.82, 2.24) is 19.3 Å². The molecule has 0 unspecified atom stereocenters. The van der Waals surface area contributed by atoms with E-state index >= 15 is 4.39 Å². The van der Waals surface area contributed by atoms with Crippen molar-refractivity contribution < 1.29 is 27.1 Å². The lowest BCUT2D eigenvalue weighted by atomic mass is 10.2. The van der Waals surface area contributed by atoms with E-state index in [1.165, 1.54) is 40.7 Å². The second-order valence-corrected chi connectivity index (χ2v) is 10.4. The van der Waals surface area contributed by atoms with Crippen molar-refractivity contribution in [1.29, 1.82) is 0 Å². The van der Waals surface area contributed by atoms with Crippen LogP contribution in [0.2, 0.25) is 0 Å². The Morgan fingerprint density at radius 3 is 2.50 bits per heavy atom. The van der Waals surface area contributed by atoms with Gasteiger partial charge in [-0.3, -0.25) is 4.90 Å². The maximum absolute atomic E-state index is 15.1. The van der Waals surface area contributed by atoms with E-state index in [0.717, 1.165) is 0 Å². The molecule has 0 saturated carbocycles. The van der Waals surface area contributed by atoms with Crippen molar-refractivity contribution >= 4 is 27.5 Å². The number of cyclic esters (lactones) is 1. The number of anilines is 2. The lowest BCUT2D eigenvalue weighted by molar-refractivity contribution is 0.129. The molecule has 13 heteroatoms. The van der Waals surface area contributed by atoms with Crippen molar-refractivity contribution in [3.63, 3.8) is 0 Å². The van der Waals surface area contributed by atoms with Crippen LogP contribution in [0.5, 0.6) is 5.75 Å². The average molecular weight is 517 g/mol. The van der Waals surface area contributed by atoms with Crippen LogP contribution in [0.1, 0.15) is 0 Å². The molecule has 2 aliphatic heterocycles. The van der Waals surface area contributed by atoms with Crippen LogP contribution in [0.3, 0.4) is 0 Å². The molecule has 0 radical (unpaired) electrons. The Morgan fingerprint density at radius 2 is 1.86 bits per heavy atom. The Bertz CT molecular complexity index is 1330. The largest absolute Gasteiger partial charge is 0.497 e. The van der Waals surface area contributed by atoms with Gasteiger partial charge in [0.1, 0.15) is 17.7 Å². The van der Waals surface area contributed by atoms with Gasteiger partial charge in [-0.1, -0.05) is 5.21 Å².